The number of hydrogen-bond acceptors (Lipinski definition) is 5. The quantitative estimate of drug-likeness (QED) is 0.0373. The zero-order chi connectivity index (χ0) is 64.7. The average Bonchev–Trinajstić information content (AvgIpc) is 3.60. The molecular formula is C85H152O5. The summed E-state index contributed by atoms with van der Waals surface area (Å²) in [5.41, 5.74) is 0. The summed E-state index contributed by atoms with van der Waals surface area (Å²) in [6.45, 7) is 4.08. The van der Waals surface area contributed by atoms with Crippen LogP contribution in [0.2, 0.25) is 0 Å². The highest BCUT2D eigenvalue weighted by Gasteiger charge is 2.16. The van der Waals surface area contributed by atoms with Crippen LogP contribution >= 0.6 is 0 Å². The molecule has 1 unspecified atom stereocenters. The fourth-order valence-corrected chi connectivity index (χ4v) is 11.9. The van der Waals surface area contributed by atoms with Crippen LogP contribution in [0.3, 0.4) is 0 Å². The molecule has 0 aromatic carbocycles. The van der Waals surface area contributed by atoms with Gasteiger partial charge in [0.25, 0.3) is 0 Å². The molecule has 90 heavy (non-hydrogen) atoms. The fraction of sp³-hybridized carbons (Fsp3) is 0.788. The Morgan fingerprint density at radius 2 is 0.478 bits per heavy atom. The first kappa shape index (κ1) is 86.8. The van der Waals surface area contributed by atoms with Gasteiger partial charge in [0, 0.05) is 12.8 Å². The predicted octanol–water partition coefficient (Wildman–Crippen LogP) is 28.1. The summed E-state index contributed by atoms with van der Waals surface area (Å²) in [5, 5.41) is 9.73. The van der Waals surface area contributed by atoms with Gasteiger partial charge in [0.1, 0.15) is 6.61 Å². The fourth-order valence-electron chi connectivity index (χ4n) is 11.9. The Balaban J connectivity index is 3.41. The largest absolute Gasteiger partial charge is 0.462 e. The van der Waals surface area contributed by atoms with E-state index in [2.05, 4.69) is 111 Å². The lowest BCUT2D eigenvalue weighted by Crippen LogP contribution is -2.28. The highest BCUT2D eigenvalue weighted by molar-refractivity contribution is 5.70. The summed E-state index contributed by atoms with van der Waals surface area (Å²) in [6.07, 6.45) is 115. The van der Waals surface area contributed by atoms with Crippen LogP contribution in [0.15, 0.2) is 97.2 Å². The van der Waals surface area contributed by atoms with Gasteiger partial charge < -0.3 is 14.6 Å². The molecule has 0 fully saturated rings. The van der Waals surface area contributed by atoms with Crippen LogP contribution in [0.4, 0.5) is 0 Å². The maximum absolute atomic E-state index is 12.4. The minimum Gasteiger partial charge on any atom is -0.462 e. The molecule has 0 rings (SSSR count). The highest BCUT2D eigenvalue weighted by atomic mass is 16.6. The van der Waals surface area contributed by atoms with Crippen molar-refractivity contribution in [3.8, 4) is 0 Å². The molecule has 0 aromatic rings. The first-order valence-corrected chi connectivity index (χ1v) is 39.8. The van der Waals surface area contributed by atoms with E-state index in [1.807, 2.05) is 0 Å². The smallest absolute Gasteiger partial charge is 0.306 e. The third kappa shape index (κ3) is 77.3. The summed E-state index contributed by atoms with van der Waals surface area (Å²) in [4.78, 5) is 24.7. The van der Waals surface area contributed by atoms with Gasteiger partial charge in [0.15, 0.2) is 6.10 Å². The van der Waals surface area contributed by atoms with Crippen LogP contribution in [0.1, 0.15) is 412 Å². The van der Waals surface area contributed by atoms with Crippen molar-refractivity contribution in [2.24, 2.45) is 0 Å². The van der Waals surface area contributed by atoms with Gasteiger partial charge in [-0.2, -0.15) is 0 Å². The molecule has 1 atom stereocenters. The van der Waals surface area contributed by atoms with E-state index in [9.17, 15) is 14.7 Å². The van der Waals surface area contributed by atoms with Crippen LogP contribution in [0.5, 0.6) is 0 Å². The van der Waals surface area contributed by atoms with Crippen molar-refractivity contribution in [3.63, 3.8) is 0 Å². The molecular weight excluding hydrogens is 1100 g/mol. The second-order valence-corrected chi connectivity index (χ2v) is 26.8. The Morgan fingerprint density at radius 1 is 0.267 bits per heavy atom. The Labute approximate surface area is 561 Å². The summed E-state index contributed by atoms with van der Waals surface area (Å²) in [6, 6.07) is 0. The molecule has 0 heterocycles. The molecule has 0 radical (unpaired) electrons. The van der Waals surface area contributed by atoms with Crippen molar-refractivity contribution in [2.75, 3.05) is 13.2 Å². The summed E-state index contributed by atoms with van der Waals surface area (Å²) in [7, 11) is 0. The lowest BCUT2D eigenvalue weighted by molar-refractivity contribution is -0.161. The first-order valence-electron chi connectivity index (χ1n) is 39.8. The number of carbonyl (C=O) groups excluding carboxylic acids is 2. The molecule has 0 bridgehead atoms. The molecule has 0 aromatic heterocycles. The van der Waals surface area contributed by atoms with Gasteiger partial charge in [0.2, 0.25) is 0 Å². The first-order chi connectivity index (χ1) is 44.6. The molecule has 0 saturated carbocycles. The number of hydrogen-bond donors (Lipinski definition) is 1. The SMILES string of the molecule is CC/C=C\C/C=C\C/C=C\C/C=C\C/C=C\C/C=C\C/C=C\CCCCCCCCCCCCCCCCCCCCCC(=O)OC(CO)COC(=O)CCCCCCCCCCCCCCCCCCCCCCCCC/C=C\CCCCCCCCCC. The number of allylic oxidation sites excluding steroid dienone is 16. The molecule has 0 spiro atoms. The van der Waals surface area contributed by atoms with Gasteiger partial charge in [-0.1, -0.05) is 400 Å². The molecule has 522 valence electrons. The maximum Gasteiger partial charge on any atom is 0.306 e. The molecule has 0 amide bonds. The maximum atomic E-state index is 12.4. The normalized spacial score (nSPS) is 12.7. The van der Waals surface area contributed by atoms with E-state index in [0.717, 1.165) is 83.5 Å². The van der Waals surface area contributed by atoms with Crippen molar-refractivity contribution in [1.29, 1.82) is 0 Å². The number of aliphatic hydroxyl groups is 1. The number of ether oxygens (including phenoxy) is 2. The molecule has 0 aliphatic carbocycles. The van der Waals surface area contributed by atoms with E-state index < -0.39 is 6.10 Å². The van der Waals surface area contributed by atoms with E-state index in [-0.39, 0.29) is 25.2 Å². The van der Waals surface area contributed by atoms with Gasteiger partial charge >= 0.3 is 11.9 Å². The topological polar surface area (TPSA) is 72.8 Å². The Bertz CT molecular complexity index is 1660. The molecule has 5 heteroatoms. The van der Waals surface area contributed by atoms with E-state index in [4.69, 9.17) is 9.47 Å². The van der Waals surface area contributed by atoms with E-state index in [0.29, 0.717) is 12.8 Å². The summed E-state index contributed by atoms with van der Waals surface area (Å²) >= 11 is 0. The van der Waals surface area contributed by atoms with Crippen molar-refractivity contribution < 1.29 is 24.2 Å². The standard InChI is InChI=1S/C85H152O5/c1-3-5-7-9-11-13-15-17-19-21-23-25-27-29-31-33-35-37-39-40-41-42-43-44-46-48-50-52-54-56-58-60-62-64-66-68-70-72-74-76-78-80-85(88)90-83(81-86)82-89-84(87)79-77-75-73-71-69-67-65-63-61-59-57-55-53-51-49-47-45-38-36-34-32-30-28-26-24-22-20-18-16-14-12-10-8-6-4-2/h5,7,11,13,17,19,22-25,29,31,35,37,40-41,83,86H,3-4,6,8-10,12,14-16,18,20-21,26-28,30,32-34,36,38-39,42-82H2,1-2H3/b7-5-,13-11-,19-17-,24-22-,25-23-,31-29-,37-35-,41-40-. The molecule has 0 aliphatic rings. The minimum absolute atomic E-state index is 0.0623. The number of unbranched alkanes of at least 4 members (excludes halogenated alkanes) is 50. The van der Waals surface area contributed by atoms with Gasteiger partial charge in [-0.05, 0) is 96.3 Å². The average molecular weight is 1250 g/mol. The minimum atomic E-state index is -0.774. The number of aliphatic hydroxyl groups excluding tert-OH is 1. The molecule has 0 aliphatic heterocycles. The van der Waals surface area contributed by atoms with Gasteiger partial charge in [0.05, 0.1) is 6.61 Å². The Hall–Kier alpha value is -3.18. The van der Waals surface area contributed by atoms with Crippen molar-refractivity contribution in [2.45, 2.75) is 418 Å². The van der Waals surface area contributed by atoms with Crippen LogP contribution in [0.25, 0.3) is 0 Å². The van der Waals surface area contributed by atoms with Gasteiger partial charge in [-0.25, -0.2) is 0 Å². The van der Waals surface area contributed by atoms with Crippen LogP contribution < -0.4 is 0 Å². The molecule has 0 saturated heterocycles. The monoisotopic (exact) mass is 1250 g/mol. The van der Waals surface area contributed by atoms with Crippen molar-refractivity contribution >= 4 is 11.9 Å². The predicted molar refractivity (Wildman–Crippen MR) is 399 cm³/mol. The van der Waals surface area contributed by atoms with Crippen molar-refractivity contribution in [1.82, 2.24) is 0 Å². The second kappa shape index (κ2) is 80.1. The zero-order valence-corrected chi connectivity index (χ0v) is 60.1. The summed E-state index contributed by atoms with van der Waals surface area (Å²) in [5.74, 6) is -0.569. The Morgan fingerprint density at radius 3 is 0.733 bits per heavy atom. The van der Waals surface area contributed by atoms with E-state index in [1.165, 1.54) is 302 Å². The molecule has 5 nitrogen and oxygen atoms in total. The highest BCUT2D eigenvalue weighted by Crippen LogP contribution is 2.19. The van der Waals surface area contributed by atoms with Crippen LogP contribution in [0, 0.1) is 0 Å². The number of carbonyl (C=O) groups is 2. The number of esters is 2. The van der Waals surface area contributed by atoms with E-state index >= 15 is 0 Å². The second-order valence-electron chi connectivity index (χ2n) is 26.8. The lowest BCUT2D eigenvalue weighted by atomic mass is 10.0. The molecule has 1 N–H and O–H groups in total. The van der Waals surface area contributed by atoms with E-state index in [1.54, 1.807) is 0 Å². The zero-order valence-electron chi connectivity index (χ0n) is 60.1. The van der Waals surface area contributed by atoms with Crippen LogP contribution in [-0.4, -0.2) is 36.4 Å². The summed E-state index contributed by atoms with van der Waals surface area (Å²) < 4.78 is 10.8. The van der Waals surface area contributed by atoms with Gasteiger partial charge in [-0.15, -0.1) is 0 Å². The van der Waals surface area contributed by atoms with Crippen LogP contribution in [-0.2, 0) is 19.1 Å². The third-order valence-corrected chi connectivity index (χ3v) is 17.9. The Kier molecular flexibility index (Phi) is 77.2. The third-order valence-electron chi connectivity index (χ3n) is 17.9. The van der Waals surface area contributed by atoms with Crippen molar-refractivity contribution in [3.05, 3.63) is 97.2 Å². The van der Waals surface area contributed by atoms with Gasteiger partial charge in [-0.3, -0.25) is 9.59 Å². The lowest BCUT2D eigenvalue weighted by Gasteiger charge is -2.15. The number of rotatable bonds is 74.